The lowest BCUT2D eigenvalue weighted by Crippen LogP contribution is -2.49. The van der Waals surface area contributed by atoms with E-state index in [1.54, 1.807) is 6.92 Å². The number of carboxylic acids is 1. The molecule has 0 aromatic rings. The van der Waals surface area contributed by atoms with E-state index >= 15 is 0 Å². The van der Waals surface area contributed by atoms with Gasteiger partial charge in [0.15, 0.2) is 0 Å². The molecule has 0 aromatic carbocycles. The quantitative estimate of drug-likeness (QED) is 0.786. The van der Waals surface area contributed by atoms with Crippen molar-refractivity contribution in [2.75, 3.05) is 6.61 Å². The molecule has 0 radical (unpaired) electrons. The van der Waals surface area contributed by atoms with Crippen LogP contribution in [0.1, 0.15) is 45.4 Å². The van der Waals surface area contributed by atoms with Crippen LogP contribution in [0.25, 0.3) is 0 Å². The van der Waals surface area contributed by atoms with Gasteiger partial charge < -0.3 is 9.84 Å². The fraction of sp³-hybridized carbons (Fsp3) is 0.875. The first kappa shape index (κ1) is 13.9. The summed E-state index contributed by atoms with van der Waals surface area (Å²) in [5.41, 5.74) is 0. The van der Waals surface area contributed by atoms with Crippen LogP contribution < -0.4 is 0 Å². The number of esters is 1. The third kappa shape index (κ3) is 2.45. The van der Waals surface area contributed by atoms with E-state index in [0.717, 1.165) is 11.8 Å². The average molecular weight is 280 g/mol. The van der Waals surface area contributed by atoms with Crippen molar-refractivity contribution in [3.8, 4) is 0 Å². The van der Waals surface area contributed by atoms with Crippen molar-refractivity contribution in [3.63, 3.8) is 0 Å². The van der Waals surface area contributed by atoms with Crippen LogP contribution in [0, 0.1) is 35.5 Å². The molecule has 112 valence electrons. The second kappa shape index (κ2) is 5.38. The molecule has 0 aromatic heterocycles. The standard InChI is InChI=1S/C16H24O4/c1-2-20-16(19)13(8-14(17)18)15-11-4-9-3-10(6-11)7-12(15)5-9/h9-13,15H,2-8H2,1H3,(H,17,18). The molecule has 20 heavy (non-hydrogen) atoms. The Balaban J connectivity index is 1.79. The average Bonchev–Trinajstić information content (AvgIpc) is 2.36. The number of ether oxygens (including phenoxy) is 1. The lowest BCUT2D eigenvalue weighted by Gasteiger charge is -2.55. The number of hydrogen-bond donors (Lipinski definition) is 1. The summed E-state index contributed by atoms with van der Waals surface area (Å²) in [6.07, 6.45) is 6.11. The lowest BCUT2D eigenvalue weighted by molar-refractivity contribution is -0.162. The molecule has 4 fully saturated rings. The van der Waals surface area contributed by atoms with Gasteiger partial charge in [-0.25, -0.2) is 0 Å². The summed E-state index contributed by atoms with van der Waals surface area (Å²) in [5, 5.41) is 9.15. The molecular weight excluding hydrogens is 256 g/mol. The van der Waals surface area contributed by atoms with Crippen molar-refractivity contribution in [2.45, 2.75) is 45.4 Å². The Bertz CT molecular complexity index is 375. The summed E-state index contributed by atoms with van der Waals surface area (Å²) in [5.74, 6) is 1.44. The minimum atomic E-state index is -0.878. The molecule has 4 rings (SSSR count). The summed E-state index contributed by atoms with van der Waals surface area (Å²) < 4.78 is 5.16. The molecule has 4 nitrogen and oxygen atoms in total. The van der Waals surface area contributed by atoms with E-state index in [2.05, 4.69) is 0 Å². The highest BCUT2D eigenvalue weighted by Gasteiger charge is 2.52. The molecule has 1 N–H and O–H groups in total. The number of hydrogen-bond acceptors (Lipinski definition) is 3. The van der Waals surface area contributed by atoms with Gasteiger partial charge in [-0.1, -0.05) is 0 Å². The maximum atomic E-state index is 12.2. The predicted molar refractivity (Wildman–Crippen MR) is 72.9 cm³/mol. The van der Waals surface area contributed by atoms with Crippen LogP contribution in [0.5, 0.6) is 0 Å². The summed E-state index contributed by atoms with van der Waals surface area (Å²) in [7, 11) is 0. The highest BCUT2D eigenvalue weighted by Crippen LogP contribution is 2.58. The number of carbonyl (C=O) groups is 2. The molecule has 0 saturated heterocycles. The molecule has 0 amide bonds. The van der Waals surface area contributed by atoms with Gasteiger partial charge in [-0.15, -0.1) is 0 Å². The zero-order valence-corrected chi connectivity index (χ0v) is 12.1. The minimum absolute atomic E-state index is 0.0637. The van der Waals surface area contributed by atoms with Gasteiger partial charge in [0.25, 0.3) is 0 Å². The normalized spacial score (nSPS) is 39.5. The molecule has 4 aliphatic carbocycles. The lowest BCUT2D eigenvalue weighted by atomic mass is 9.49. The van der Waals surface area contributed by atoms with Crippen LogP contribution >= 0.6 is 0 Å². The maximum Gasteiger partial charge on any atom is 0.309 e. The molecule has 0 heterocycles. The van der Waals surface area contributed by atoms with Gasteiger partial charge in [0.1, 0.15) is 0 Å². The first-order valence-electron chi connectivity index (χ1n) is 7.96. The Kier molecular flexibility index (Phi) is 3.74. The van der Waals surface area contributed by atoms with E-state index in [0.29, 0.717) is 18.4 Å². The first-order valence-corrected chi connectivity index (χ1v) is 7.96. The van der Waals surface area contributed by atoms with Crippen molar-refractivity contribution in [2.24, 2.45) is 35.5 Å². The highest BCUT2D eigenvalue weighted by molar-refractivity contribution is 5.79. The molecule has 1 unspecified atom stereocenters. The summed E-state index contributed by atoms with van der Waals surface area (Å²) in [6.45, 7) is 2.12. The van der Waals surface area contributed by atoms with Crippen LogP contribution in [0.4, 0.5) is 0 Å². The van der Waals surface area contributed by atoms with Gasteiger partial charge in [0.05, 0.1) is 18.9 Å². The summed E-state index contributed by atoms with van der Waals surface area (Å²) in [6, 6.07) is 0. The summed E-state index contributed by atoms with van der Waals surface area (Å²) >= 11 is 0. The fourth-order valence-electron chi connectivity index (χ4n) is 5.44. The van der Waals surface area contributed by atoms with Crippen LogP contribution in [0.2, 0.25) is 0 Å². The smallest absolute Gasteiger partial charge is 0.309 e. The number of carboxylic acid groups (broad SMARTS) is 1. The van der Waals surface area contributed by atoms with Gasteiger partial charge in [0.2, 0.25) is 0 Å². The Morgan fingerprint density at radius 3 is 2.10 bits per heavy atom. The number of carbonyl (C=O) groups excluding carboxylic acids is 1. The van der Waals surface area contributed by atoms with Crippen molar-refractivity contribution in [3.05, 3.63) is 0 Å². The third-order valence-corrected chi connectivity index (χ3v) is 5.75. The Morgan fingerprint density at radius 2 is 1.65 bits per heavy atom. The molecule has 4 aliphatic rings. The van der Waals surface area contributed by atoms with Gasteiger partial charge >= 0.3 is 11.9 Å². The fourth-order valence-corrected chi connectivity index (χ4v) is 5.44. The van der Waals surface area contributed by atoms with Crippen molar-refractivity contribution >= 4 is 11.9 Å². The van der Waals surface area contributed by atoms with E-state index in [1.165, 1.54) is 32.1 Å². The number of rotatable bonds is 5. The van der Waals surface area contributed by atoms with Crippen molar-refractivity contribution in [1.82, 2.24) is 0 Å². The highest BCUT2D eigenvalue weighted by atomic mass is 16.5. The second-order valence-electron chi connectivity index (χ2n) is 6.96. The van der Waals surface area contributed by atoms with Gasteiger partial charge in [0, 0.05) is 0 Å². The Labute approximate surface area is 119 Å². The molecule has 1 atom stereocenters. The van der Waals surface area contributed by atoms with Gasteiger partial charge in [-0.05, 0) is 68.6 Å². The topological polar surface area (TPSA) is 63.6 Å². The van der Waals surface area contributed by atoms with Crippen LogP contribution in [-0.4, -0.2) is 23.7 Å². The zero-order valence-electron chi connectivity index (χ0n) is 12.1. The van der Waals surface area contributed by atoms with Crippen molar-refractivity contribution < 1.29 is 19.4 Å². The Morgan fingerprint density at radius 1 is 1.10 bits per heavy atom. The molecule has 0 aliphatic heterocycles. The van der Waals surface area contributed by atoms with Crippen molar-refractivity contribution in [1.29, 1.82) is 0 Å². The molecule has 4 bridgehead atoms. The Hall–Kier alpha value is -1.06. The molecule has 4 saturated carbocycles. The number of aliphatic carboxylic acids is 1. The predicted octanol–water partition coefficient (Wildman–Crippen LogP) is 2.71. The first-order chi connectivity index (χ1) is 9.58. The zero-order chi connectivity index (χ0) is 14.3. The minimum Gasteiger partial charge on any atom is -0.481 e. The van der Waals surface area contributed by atoms with E-state index in [4.69, 9.17) is 9.84 Å². The van der Waals surface area contributed by atoms with E-state index < -0.39 is 11.9 Å². The second-order valence-corrected chi connectivity index (χ2v) is 6.96. The van der Waals surface area contributed by atoms with Crippen LogP contribution in [-0.2, 0) is 14.3 Å². The van der Waals surface area contributed by atoms with Crippen LogP contribution in [0.15, 0.2) is 0 Å². The molecular formula is C16H24O4. The van der Waals surface area contributed by atoms with Gasteiger partial charge in [-0.3, -0.25) is 9.59 Å². The van der Waals surface area contributed by atoms with Gasteiger partial charge in [-0.2, -0.15) is 0 Å². The SMILES string of the molecule is CCOC(=O)C(CC(=O)O)C1C2CC3CC(C2)CC1C3. The molecule has 4 heteroatoms. The third-order valence-electron chi connectivity index (χ3n) is 5.75. The largest absolute Gasteiger partial charge is 0.481 e. The van der Waals surface area contributed by atoms with E-state index in [-0.39, 0.29) is 18.3 Å². The summed E-state index contributed by atoms with van der Waals surface area (Å²) in [4.78, 5) is 23.4. The van der Waals surface area contributed by atoms with Crippen LogP contribution in [0.3, 0.4) is 0 Å². The van der Waals surface area contributed by atoms with E-state index in [1.807, 2.05) is 0 Å². The maximum absolute atomic E-state index is 12.2. The van der Waals surface area contributed by atoms with E-state index in [9.17, 15) is 9.59 Å². The molecule has 0 spiro atoms. The monoisotopic (exact) mass is 280 g/mol.